The predicted molar refractivity (Wildman–Crippen MR) is 70.1 cm³/mol. The Balaban J connectivity index is 2.60. The number of aliphatic hydroxyl groups excluding tert-OH is 1. The summed E-state index contributed by atoms with van der Waals surface area (Å²) in [5.74, 6) is 0. The van der Waals surface area contributed by atoms with E-state index in [0.29, 0.717) is 24.0 Å². The number of hydrogen-bond acceptors (Lipinski definition) is 4. The van der Waals surface area contributed by atoms with Gasteiger partial charge in [-0.15, -0.1) is 0 Å². The van der Waals surface area contributed by atoms with Gasteiger partial charge in [-0.3, -0.25) is 19.2 Å². The molecule has 0 bridgehead atoms. The molecule has 0 fully saturated rings. The number of hydrogen-bond donors (Lipinski definition) is 1. The first-order chi connectivity index (χ1) is 8.91. The Morgan fingerprint density at radius 3 is 2.68 bits per heavy atom. The summed E-state index contributed by atoms with van der Waals surface area (Å²) in [5, 5.41) is 20.1. The lowest BCUT2D eigenvalue weighted by Gasteiger charge is -2.05. The minimum atomic E-state index is -0.527. The Morgan fingerprint density at radius 2 is 2.11 bits per heavy atom. The minimum absolute atomic E-state index is 0.0519. The molecule has 1 N–H and O–H groups in total. The van der Waals surface area contributed by atoms with Crippen LogP contribution in [0, 0.1) is 10.1 Å². The van der Waals surface area contributed by atoms with E-state index < -0.39 is 11.0 Å². The van der Waals surface area contributed by atoms with Gasteiger partial charge in [0.05, 0.1) is 22.1 Å². The molecular formula is C12H15N3O4. The lowest BCUT2D eigenvalue weighted by atomic mass is 10.2. The van der Waals surface area contributed by atoms with Gasteiger partial charge in [-0.1, -0.05) is 0 Å². The maximum absolute atomic E-state index is 12.1. The molecule has 1 aromatic carbocycles. The van der Waals surface area contributed by atoms with E-state index in [4.69, 9.17) is 0 Å². The van der Waals surface area contributed by atoms with Crippen molar-refractivity contribution in [3.63, 3.8) is 0 Å². The van der Waals surface area contributed by atoms with Gasteiger partial charge < -0.3 is 5.11 Å². The third-order valence-corrected chi connectivity index (χ3v) is 3.11. The number of rotatable bonds is 4. The molecular weight excluding hydrogens is 250 g/mol. The number of nitro groups is 1. The highest BCUT2D eigenvalue weighted by molar-refractivity contribution is 5.78. The van der Waals surface area contributed by atoms with Crippen molar-refractivity contribution in [3.05, 3.63) is 38.8 Å². The average Bonchev–Trinajstić information content (AvgIpc) is 2.59. The number of imidazole rings is 1. The second-order valence-electron chi connectivity index (χ2n) is 4.56. The maximum Gasteiger partial charge on any atom is 0.328 e. The number of aryl methyl sites for hydroxylation is 2. The van der Waals surface area contributed by atoms with E-state index in [1.54, 1.807) is 20.0 Å². The van der Waals surface area contributed by atoms with E-state index in [1.165, 1.54) is 21.3 Å². The zero-order chi connectivity index (χ0) is 14.2. The zero-order valence-corrected chi connectivity index (χ0v) is 10.7. The molecule has 0 amide bonds. The van der Waals surface area contributed by atoms with Crippen LogP contribution in [0.25, 0.3) is 11.0 Å². The third-order valence-electron chi connectivity index (χ3n) is 3.11. The number of aromatic nitrogens is 2. The van der Waals surface area contributed by atoms with E-state index in [0.717, 1.165) is 0 Å². The topological polar surface area (TPSA) is 90.3 Å². The Morgan fingerprint density at radius 1 is 1.42 bits per heavy atom. The lowest BCUT2D eigenvalue weighted by molar-refractivity contribution is -0.384. The molecule has 0 saturated carbocycles. The van der Waals surface area contributed by atoms with E-state index in [-0.39, 0.29) is 11.4 Å². The monoisotopic (exact) mass is 265 g/mol. The molecule has 1 atom stereocenters. The molecule has 0 radical (unpaired) electrons. The van der Waals surface area contributed by atoms with E-state index in [9.17, 15) is 20.0 Å². The van der Waals surface area contributed by atoms with Crippen LogP contribution >= 0.6 is 0 Å². The number of aliphatic hydroxyl groups is 1. The van der Waals surface area contributed by atoms with Crippen LogP contribution in [0.4, 0.5) is 5.69 Å². The number of nitro benzene ring substituents is 1. The third kappa shape index (κ3) is 2.37. The van der Waals surface area contributed by atoms with Gasteiger partial charge >= 0.3 is 5.69 Å². The van der Waals surface area contributed by atoms with Gasteiger partial charge in [0, 0.05) is 25.7 Å². The SMILES string of the molecule is C[C@@H](O)CCn1c(=O)n(C)c2ccc([N+](=O)[O-])cc21. The van der Waals surface area contributed by atoms with Crippen molar-refractivity contribution < 1.29 is 10.0 Å². The summed E-state index contributed by atoms with van der Waals surface area (Å²) in [4.78, 5) is 22.4. The van der Waals surface area contributed by atoms with Crippen molar-refractivity contribution in [2.24, 2.45) is 7.05 Å². The van der Waals surface area contributed by atoms with Crippen molar-refractivity contribution >= 4 is 16.7 Å². The summed E-state index contributed by atoms with van der Waals surface area (Å²) in [6.07, 6.45) is -0.109. The van der Waals surface area contributed by atoms with Crippen LogP contribution in [-0.4, -0.2) is 25.3 Å². The first-order valence-electron chi connectivity index (χ1n) is 5.93. The highest BCUT2D eigenvalue weighted by Crippen LogP contribution is 2.20. The zero-order valence-electron chi connectivity index (χ0n) is 10.7. The van der Waals surface area contributed by atoms with Gasteiger partial charge in [0.15, 0.2) is 0 Å². The first kappa shape index (κ1) is 13.3. The van der Waals surface area contributed by atoms with E-state index in [2.05, 4.69) is 0 Å². The second-order valence-corrected chi connectivity index (χ2v) is 4.56. The molecule has 0 aliphatic heterocycles. The van der Waals surface area contributed by atoms with Crippen molar-refractivity contribution in [3.8, 4) is 0 Å². The Bertz CT molecular complexity index is 684. The molecule has 7 heteroatoms. The van der Waals surface area contributed by atoms with Crippen LogP contribution < -0.4 is 5.69 Å². The number of non-ortho nitro benzene ring substituents is 1. The molecule has 1 aromatic heterocycles. The number of fused-ring (bicyclic) bond motifs is 1. The molecule has 0 aliphatic rings. The van der Waals surface area contributed by atoms with Crippen molar-refractivity contribution in [1.29, 1.82) is 0 Å². The summed E-state index contributed by atoms with van der Waals surface area (Å²) in [5.41, 5.74) is 0.864. The normalized spacial score (nSPS) is 12.8. The Kier molecular flexibility index (Phi) is 3.39. The molecule has 0 spiro atoms. The molecule has 0 aliphatic carbocycles. The molecule has 19 heavy (non-hydrogen) atoms. The summed E-state index contributed by atoms with van der Waals surface area (Å²) in [7, 11) is 1.62. The van der Waals surface area contributed by atoms with Gasteiger partial charge in [-0.05, 0) is 19.4 Å². The Hall–Kier alpha value is -2.15. The van der Waals surface area contributed by atoms with Crippen LogP contribution in [0.5, 0.6) is 0 Å². The number of nitrogens with zero attached hydrogens (tertiary/aromatic N) is 3. The van der Waals surface area contributed by atoms with Gasteiger partial charge in [0.25, 0.3) is 5.69 Å². The highest BCUT2D eigenvalue weighted by atomic mass is 16.6. The molecule has 0 saturated heterocycles. The summed E-state index contributed by atoms with van der Waals surface area (Å²) in [6, 6.07) is 4.33. The highest BCUT2D eigenvalue weighted by Gasteiger charge is 2.15. The van der Waals surface area contributed by atoms with E-state index in [1.807, 2.05) is 0 Å². The van der Waals surface area contributed by atoms with Crippen molar-refractivity contribution in [2.75, 3.05) is 0 Å². The molecule has 7 nitrogen and oxygen atoms in total. The second kappa shape index (κ2) is 4.85. The van der Waals surface area contributed by atoms with Crippen LogP contribution in [-0.2, 0) is 13.6 Å². The van der Waals surface area contributed by atoms with Gasteiger partial charge in [-0.25, -0.2) is 4.79 Å². The fourth-order valence-corrected chi connectivity index (χ4v) is 2.04. The van der Waals surface area contributed by atoms with Crippen LogP contribution in [0.15, 0.2) is 23.0 Å². The molecule has 2 aromatic rings. The number of benzene rings is 1. The lowest BCUT2D eigenvalue weighted by Crippen LogP contribution is -2.23. The Labute approximate surface area is 108 Å². The summed E-state index contributed by atoms with van der Waals surface area (Å²) < 4.78 is 2.90. The first-order valence-corrected chi connectivity index (χ1v) is 5.93. The summed E-state index contributed by atoms with van der Waals surface area (Å²) in [6.45, 7) is 1.97. The fraction of sp³-hybridized carbons (Fsp3) is 0.417. The quantitative estimate of drug-likeness (QED) is 0.660. The van der Waals surface area contributed by atoms with Crippen molar-refractivity contribution in [2.45, 2.75) is 26.0 Å². The fourth-order valence-electron chi connectivity index (χ4n) is 2.04. The standard InChI is InChI=1S/C12H15N3O4/c1-8(16)5-6-14-11-7-9(15(18)19)3-4-10(11)13(2)12(14)17/h3-4,7-8,16H,5-6H2,1-2H3/t8-/m1/s1. The maximum atomic E-state index is 12.1. The van der Waals surface area contributed by atoms with Crippen molar-refractivity contribution in [1.82, 2.24) is 9.13 Å². The summed E-state index contributed by atoms with van der Waals surface area (Å²) >= 11 is 0. The smallest absolute Gasteiger partial charge is 0.328 e. The van der Waals surface area contributed by atoms with Crippen LogP contribution in [0.3, 0.4) is 0 Å². The predicted octanol–water partition coefficient (Wildman–Crippen LogP) is 1.02. The molecule has 102 valence electrons. The van der Waals surface area contributed by atoms with E-state index >= 15 is 0 Å². The van der Waals surface area contributed by atoms with Crippen LogP contribution in [0.2, 0.25) is 0 Å². The van der Waals surface area contributed by atoms with Gasteiger partial charge in [0.2, 0.25) is 0 Å². The molecule has 1 heterocycles. The average molecular weight is 265 g/mol. The van der Waals surface area contributed by atoms with Gasteiger partial charge in [-0.2, -0.15) is 0 Å². The molecule has 2 rings (SSSR count). The van der Waals surface area contributed by atoms with Gasteiger partial charge in [0.1, 0.15) is 0 Å². The molecule has 0 unspecified atom stereocenters. The largest absolute Gasteiger partial charge is 0.393 e. The van der Waals surface area contributed by atoms with Crippen LogP contribution in [0.1, 0.15) is 13.3 Å². The minimum Gasteiger partial charge on any atom is -0.393 e.